The lowest BCUT2D eigenvalue weighted by Gasteiger charge is -2.08. The SMILES string of the molecule is CC(C)S(=O)(=O)c1ccc(C(=O)Nc2nc3cc(F)c(F)cc3s2)cc1. The first-order valence-corrected chi connectivity index (χ1v) is 9.95. The van der Waals surface area contributed by atoms with E-state index in [9.17, 15) is 22.0 Å². The molecule has 0 atom stereocenters. The molecule has 1 aromatic heterocycles. The van der Waals surface area contributed by atoms with Crippen molar-refractivity contribution in [3.05, 3.63) is 53.6 Å². The van der Waals surface area contributed by atoms with E-state index in [1.807, 2.05) is 0 Å². The number of carbonyl (C=O) groups is 1. The summed E-state index contributed by atoms with van der Waals surface area (Å²) in [5, 5.41) is 2.17. The number of nitrogens with one attached hydrogen (secondary N) is 1. The van der Waals surface area contributed by atoms with Gasteiger partial charge in [-0.2, -0.15) is 0 Å². The molecule has 3 aromatic rings. The highest BCUT2D eigenvalue weighted by molar-refractivity contribution is 7.92. The van der Waals surface area contributed by atoms with E-state index in [-0.39, 0.29) is 21.1 Å². The van der Waals surface area contributed by atoms with Crippen molar-refractivity contribution in [3.63, 3.8) is 0 Å². The highest BCUT2D eigenvalue weighted by atomic mass is 32.2. The Labute approximate surface area is 152 Å². The summed E-state index contributed by atoms with van der Waals surface area (Å²) in [6.07, 6.45) is 0. The van der Waals surface area contributed by atoms with Crippen LogP contribution in [0.5, 0.6) is 0 Å². The van der Waals surface area contributed by atoms with Gasteiger partial charge in [-0.25, -0.2) is 22.2 Å². The van der Waals surface area contributed by atoms with Gasteiger partial charge in [0.1, 0.15) is 0 Å². The van der Waals surface area contributed by atoms with E-state index in [1.54, 1.807) is 13.8 Å². The van der Waals surface area contributed by atoms with Gasteiger partial charge in [0.15, 0.2) is 26.6 Å². The highest BCUT2D eigenvalue weighted by Crippen LogP contribution is 2.28. The number of fused-ring (bicyclic) bond motifs is 1. The van der Waals surface area contributed by atoms with Crippen LogP contribution >= 0.6 is 11.3 Å². The number of thiazole rings is 1. The Hall–Kier alpha value is -2.39. The van der Waals surface area contributed by atoms with Crippen molar-refractivity contribution in [1.82, 2.24) is 4.98 Å². The quantitative estimate of drug-likeness (QED) is 0.723. The molecule has 0 radical (unpaired) electrons. The van der Waals surface area contributed by atoms with Gasteiger partial charge in [0.2, 0.25) is 0 Å². The number of nitrogens with zero attached hydrogens (tertiary/aromatic N) is 1. The standard InChI is InChI=1S/C17H14F2N2O3S2/c1-9(2)26(23,24)11-5-3-10(4-6-11)16(22)21-17-20-14-7-12(18)13(19)8-15(14)25-17/h3-9H,1-2H3,(H,20,21,22). The monoisotopic (exact) mass is 396 g/mol. The Kier molecular flexibility index (Phi) is 4.76. The smallest absolute Gasteiger partial charge is 0.257 e. The second-order valence-corrected chi connectivity index (χ2v) is 9.36. The van der Waals surface area contributed by atoms with Crippen molar-refractivity contribution in [2.24, 2.45) is 0 Å². The fourth-order valence-electron chi connectivity index (χ4n) is 2.21. The third-order valence-electron chi connectivity index (χ3n) is 3.72. The van der Waals surface area contributed by atoms with Crippen LogP contribution in [0.1, 0.15) is 24.2 Å². The van der Waals surface area contributed by atoms with E-state index >= 15 is 0 Å². The number of halogens is 2. The molecule has 0 aliphatic carbocycles. The zero-order chi connectivity index (χ0) is 19.1. The minimum Gasteiger partial charge on any atom is -0.298 e. The molecule has 0 saturated heterocycles. The van der Waals surface area contributed by atoms with Gasteiger partial charge < -0.3 is 0 Å². The van der Waals surface area contributed by atoms with Gasteiger partial charge in [-0.05, 0) is 44.2 Å². The Balaban J connectivity index is 1.82. The first-order chi connectivity index (χ1) is 12.2. The summed E-state index contributed by atoms with van der Waals surface area (Å²) in [4.78, 5) is 16.5. The van der Waals surface area contributed by atoms with Crippen LogP contribution in [0, 0.1) is 11.6 Å². The van der Waals surface area contributed by atoms with Crippen molar-refractivity contribution >= 4 is 42.4 Å². The molecule has 3 rings (SSSR count). The number of aromatic nitrogens is 1. The molecule has 0 fully saturated rings. The van der Waals surface area contributed by atoms with E-state index in [0.29, 0.717) is 4.70 Å². The van der Waals surface area contributed by atoms with E-state index in [0.717, 1.165) is 23.5 Å². The molecular weight excluding hydrogens is 382 g/mol. The number of hydrogen-bond donors (Lipinski definition) is 1. The minimum atomic E-state index is -3.42. The zero-order valence-corrected chi connectivity index (χ0v) is 15.4. The molecule has 136 valence electrons. The van der Waals surface area contributed by atoms with Crippen LogP contribution in [0.25, 0.3) is 10.2 Å². The predicted molar refractivity (Wildman–Crippen MR) is 96.3 cm³/mol. The van der Waals surface area contributed by atoms with Gasteiger partial charge in [0, 0.05) is 11.6 Å². The highest BCUT2D eigenvalue weighted by Gasteiger charge is 2.19. The van der Waals surface area contributed by atoms with E-state index < -0.39 is 32.6 Å². The molecule has 0 spiro atoms. The van der Waals surface area contributed by atoms with Crippen molar-refractivity contribution in [3.8, 4) is 0 Å². The van der Waals surface area contributed by atoms with Crippen molar-refractivity contribution in [2.45, 2.75) is 24.0 Å². The van der Waals surface area contributed by atoms with Crippen LogP contribution in [0.4, 0.5) is 13.9 Å². The molecule has 5 nitrogen and oxygen atoms in total. The lowest BCUT2D eigenvalue weighted by atomic mass is 10.2. The van der Waals surface area contributed by atoms with Gasteiger partial charge in [-0.1, -0.05) is 11.3 Å². The lowest BCUT2D eigenvalue weighted by Crippen LogP contribution is -2.15. The van der Waals surface area contributed by atoms with Gasteiger partial charge in [-0.15, -0.1) is 0 Å². The summed E-state index contributed by atoms with van der Waals surface area (Å²) in [5.74, 6) is -2.50. The van der Waals surface area contributed by atoms with Crippen LogP contribution in [0.3, 0.4) is 0 Å². The fraction of sp³-hybridized carbons (Fsp3) is 0.176. The number of hydrogen-bond acceptors (Lipinski definition) is 5. The first kappa shape index (κ1) is 18.4. The van der Waals surface area contributed by atoms with Gasteiger partial charge in [0.05, 0.1) is 20.4 Å². The summed E-state index contributed by atoms with van der Waals surface area (Å²) < 4.78 is 51.1. The summed E-state index contributed by atoms with van der Waals surface area (Å²) in [5.41, 5.74) is 0.479. The summed E-state index contributed by atoms with van der Waals surface area (Å²) in [6, 6.07) is 7.52. The average molecular weight is 396 g/mol. The number of rotatable bonds is 4. The fourth-order valence-corrected chi connectivity index (χ4v) is 4.14. The third kappa shape index (κ3) is 3.45. The third-order valence-corrected chi connectivity index (χ3v) is 6.82. The second kappa shape index (κ2) is 6.73. The molecular formula is C17H14F2N2O3S2. The van der Waals surface area contributed by atoms with E-state index in [4.69, 9.17) is 0 Å². The van der Waals surface area contributed by atoms with E-state index in [1.165, 1.54) is 24.3 Å². The normalized spacial score (nSPS) is 11.9. The number of sulfone groups is 1. The first-order valence-electron chi connectivity index (χ1n) is 7.59. The lowest BCUT2D eigenvalue weighted by molar-refractivity contribution is 0.102. The Morgan fingerprint density at radius 3 is 2.35 bits per heavy atom. The maximum Gasteiger partial charge on any atom is 0.257 e. The Bertz CT molecular complexity index is 1050. The molecule has 1 amide bonds. The van der Waals surface area contributed by atoms with Gasteiger partial charge >= 0.3 is 0 Å². The van der Waals surface area contributed by atoms with Crippen LogP contribution in [0.2, 0.25) is 0 Å². The van der Waals surface area contributed by atoms with Crippen molar-refractivity contribution in [2.75, 3.05) is 5.32 Å². The summed E-state index contributed by atoms with van der Waals surface area (Å²) >= 11 is 1.01. The summed E-state index contributed by atoms with van der Waals surface area (Å²) in [6.45, 7) is 3.16. The van der Waals surface area contributed by atoms with E-state index in [2.05, 4.69) is 10.3 Å². The largest absolute Gasteiger partial charge is 0.298 e. The molecule has 0 unspecified atom stereocenters. The maximum absolute atomic E-state index is 13.2. The second-order valence-electron chi connectivity index (χ2n) is 5.83. The maximum atomic E-state index is 13.2. The van der Waals surface area contributed by atoms with Crippen LogP contribution in [-0.2, 0) is 9.84 Å². The number of benzene rings is 2. The van der Waals surface area contributed by atoms with Gasteiger partial charge in [0.25, 0.3) is 5.91 Å². The number of carbonyl (C=O) groups excluding carboxylic acids is 1. The molecule has 0 saturated carbocycles. The molecule has 1 N–H and O–H groups in total. The van der Waals surface area contributed by atoms with Crippen LogP contribution < -0.4 is 5.32 Å². The van der Waals surface area contributed by atoms with Crippen molar-refractivity contribution < 1.29 is 22.0 Å². The Morgan fingerprint density at radius 2 is 1.73 bits per heavy atom. The Morgan fingerprint density at radius 1 is 1.12 bits per heavy atom. The minimum absolute atomic E-state index is 0.134. The topological polar surface area (TPSA) is 76.1 Å². The average Bonchev–Trinajstić information content (AvgIpc) is 2.96. The number of anilines is 1. The molecule has 9 heteroatoms. The molecule has 0 bridgehead atoms. The predicted octanol–water partition coefficient (Wildman–Crippen LogP) is 4.01. The van der Waals surface area contributed by atoms with Crippen LogP contribution in [-0.4, -0.2) is 24.6 Å². The molecule has 1 heterocycles. The molecule has 0 aliphatic rings. The molecule has 2 aromatic carbocycles. The van der Waals surface area contributed by atoms with Gasteiger partial charge in [-0.3, -0.25) is 10.1 Å². The number of amides is 1. The van der Waals surface area contributed by atoms with Crippen molar-refractivity contribution in [1.29, 1.82) is 0 Å². The van der Waals surface area contributed by atoms with Crippen LogP contribution in [0.15, 0.2) is 41.3 Å². The zero-order valence-electron chi connectivity index (χ0n) is 13.8. The molecule has 26 heavy (non-hydrogen) atoms. The molecule has 0 aliphatic heterocycles. The summed E-state index contributed by atoms with van der Waals surface area (Å²) in [7, 11) is -3.42.